The van der Waals surface area contributed by atoms with Crippen LogP contribution in [0, 0.1) is 16.2 Å². The Balaban J connectivity index is 2.40. The van der Waals surface area contributed by atoms with Gasteiger partial charge in [0.05, 0.1) is 10.8 Å². The summed E-state index contributed by atoms with van der Waals surface area (Å²) in [6.45, 7) is 3.51. The topological polar surface area (TPSA) is 0 Å². The lowest BCUT2D eigenvalue weighted by atomic mass is 9.43. The summed E-state index contributed by atoms with van der Waals surface area (Å²) in [6, 6.07) is 0. The molecule has 0 nitrogen and oxygen atoms in total. The van der Waals surface area contributed by atoms with Crippen molar-refractivity contribution in [1.82, 2.24) is 0 Å². The Hall–Kier alpha value is -0.420. The lowest BCUT2D eigenvalue weighted by Gasteiger charge is -2.62. The molecule has 0 spiro atoms. The van der Waals surface area contributed by atoms with E-state index in [4.69, 9.17) is 0 Å². The smallest absolute Gasteiger partial charge is 0.170 e. The first-order valence-corrected chi connectivity index (χ1v) is 12.6. The molecular formula is C25H42F6. The first-order valence-electron chi connectivity index (χ1n) is 12.6. The van der Waals surface area contributed by atoms with Gasteiger partial charge in [0.1, 0.15) is 0 Å². The average Bonchev–Trinajstić information content (AvgIpc) is 2.72. The van der Waals surface area contributed by atoms with Crippen molar-refractivity contribution in [3.8, 4) is 0 Å². The monoisotopic (exact) mass is 456 g/mol. The molecule has 0 radical (unpaired) electrons. The van der Waals surface area contributed by atoms with E-state index in [2.05, 4.69) is 6.92 Å². The van der Waals surface area contributed by atoms with Crippen LogP contribution >= 0.6 is 0 Å². The van der Waals surface area contributed by atoms with Crippen molar-refractivity contribution in [3.63, 3.8) is 0 Å². The minimum Gasteiger partial charge on any atom is -0.170 e. The summed E-state index contributed by atoms with van der Waals surface area (Å²) < 4.78 is 88.5. The fourth-order valence-electron chi connectivity index (χ4n) is 6.98. The fourth-order valence-corrected chi connectivity index (χ4v) is 6.98. The third-order valence-corrected chi connectivity index (χ3v) is 8.89. The van der Waals surface area contributed by atoms with Crippen LogP contribution in [0.5, 0.6) is 0 Å². The molecule has 0 atom stereocenters. The molecular weight excluding hydrogens is 414 g/mol. The van der Waals surface area contributed by atoms with Gasteiger partial charge in [-0.2, -0.15) is 26.3 Å². The molecule has 2 rings (SSSR count). The maximum atomic E-state index is 14.8. The summed E-state index contributed by atoms with van der Waals surface area (Å²) >= 11 is 0. The molecule has 0 unspecified atom stereocenters. The summed E-state index contributed by atoms with van der Waals surface area (Å²) in [5.74, 6) is 0. The van der Waals surface area contributed by atoms with Crippen molar-refractivity contribution in [2.75, 3.05) is 0 Å². The molecule has 0 amide bonds. The van der Waals surface area contributed by atoms with E-state index >= 15 is 0 Å². The number of hydrogen-bond acceptors (Lipinski definition) is 0. The van der Waals surface area contributed by atoms with Crippen molar-refractivity contribution in [2.45, 2.75) is 142 Å². The molecule has 31 heavy (non-hydrogen) atoms. The molecule has 0 bridgehead atoms. The number of rotatable bonds is 10. The second-order valence-corrected chi connectivity index (χ2v) is 10.5. The highest BCUT2D eigenvalue weighted by Crippen LogP contribution is 2.72. The van der Waals surface area contributed by atoms with Crippen LogP contribution in [0.4, 0.5) is 26.3 Å². The van der Waals surface area contributed by atoms with Crippen molar-refractivity contribution < 1.29 is 26.3 Å². The van der Waals surface area contributed by atoms with Crippen LogP contribution in [0.25, 0.3) is 0 Å². The molecule has 0 saturated heterocycles. The van der Waals surface area contributed by atoms with Gasteiger partial charge in [-0.15, -0.1) is 0 Å². The van der Waals surface area contributed by atoms with Crippen molar-refractivity contribution in [2.24, 2.45) is 16.2 Å². The first kappa shape index (κ1) is 26.8. The molecule has 6 heteroatoms. The number of unbranched alkanes of at least 4 members (excludes halogenated alkanes) is 6. The molecule has 2 saturated carbocycles. The molecule has 2 aliphatic carbocycles. The molecule has 0 aliphatic heterocycles. The van der Waals surface area contributed by atoms with Crippen molar-refractivity contribution >= 4 is 0 Å². The van der Waals surface area contributed by atoms with Crippen LogP contribution in [-0.4, -0.2) is 12.4 Å². The predicted octanol–water partition coefficient (Wildman–Crippen LogP) is 10.2. The maximum Gasteiger partial charge on any atom is 0.395 e. The Labute approximate surface area is 184 Å². The minimum atomic E-state index is -4.61. The average molecular weight is 457 g/mol. The van der Waals surface area contributed by atoms with Crippen LogP contribution in [0.15, 0.2) is 0 Å². The Kier molecular flexibility index (Phi) is 9.24. The van der Waals surface area contributed by atoms with E-state index in [0.29, 0.717) is 44.9 Å². The van der Waals surface area contributed by atoms with Crippen LogP contribution in [0.3, 0.4) is 0 Å². The molecule has 0 aromatic rings. The molecule has 0 N–H and O–H groups in total. The van der Waals surface area contributed by atoms with Crippen LogP contribution in [0.1, 0.15) is 129 Å². The Morgan fingerprint density at radius 1 is 0.548 bits per heavy atom. The molecule has 0 heterocycles. The van der Waals surface area contributed by atoms with E-state index in [9.17, 15) is 26.3 Å². The lowest BCUT2D eigenvalue weighted by molar-refractivity contribution is -0.352. The molecule has 184 valence electrons. The summed E-state index contributed by atoms with van der Waals surface area (Å²) in [5.41, 5.74) is -6.26. The zero-order valence-corrected chi connectivity index (χ0v) is 19.5. The third kappa shape index (κ3) is 5.23. The van der Waals surface area contributed by atoms with Gasteiger partial charge >= 0.3 is 12.4 Å². The normalized spacial score (nSPS) is 22.5. The van der Waals surface area contributed by atoms with Crippen LogP contribution < -0.4 is 0 Å². The number of alkyl halides is 6. The summed E-state index contributed by atoms with van der Waals surface area (Å²) in [7, 11) is 0. The second-order valence-electron chi connectivity index (χ2n) is 10.5. The van der Waals surface area contributed by atoms with Crippen molar-refractivity contribution in [3.05, 3.63) is 0 Å². The minimum absolute atomic E-state index is 0.0276. The summed E-state index contributed by atoms with van der Waals surface area (Å²) in [6.07, 6.45) is -0.510. The van der Waals surface area contributed by atoms with Gasteiger partial charge in [-0.1, -0.05) is 97.3 Å². The van der Waals surface area contributed by atoms with Gasteiger partial charge in [0.25, 0.3) is 0 Å². The number of hydrogen-bond donors (Lipinski definition) is 0. The van der Waals surface area contributed by atoms with Crippen LogP contribution in [-0.2, 0) is 0 Å². The van der Waals surface area contributed by atoms with E-state index < -0.39 is 28.6 Å². The van der Waals surface area contributed by atoms with E-state index in [0.717, 1.165) is 38.5 Å². The predicted molar refractivity (Wildman–Crippen MR) is 114 cm³/mol. The highest BCUT2D eigenvalue weighted by Gasteiger charge is 2.75. The molecule has 0 aromatic heterocycles. The Morgan fingerprint density at radius 3 is 1.26 bits per heavy atom. The van der Waals surface area contributed by atoms with Gasteiger partial charge in [-0.25, -0.2) is 0 Å². The van der Waals surface area contributed by atoms with Gasteiger partial charge in [-0.3, -0.25) is 0 Å². The van der Waals surface area contributed by atoms with E-state index in [-0.39, 0.29) is 32.1 Å². The maximum absolute atomic E-state index is 14.8. The first-order chi connectivity index (χ1) is 14.5. The van der Waals surface area contributed by atoms with Gasteiger partial charge in [0.2, 0.25) is 0 Å². The van der Waals surface area contributed by atoms with Gasteiger partial charge in [0, 0.05) is 0 Å². The zero-order valence-electron chi connectivity index (χ0n) is 19.5. The molecule has 2 fully saturated rings. The lowest BCUT2D eigenvalue weighted by Crippen LogP contribution is -2.64. The highest BCUT2D eigenvalue weighted by molar-refractivity contribution is 5.12. The summed E-state index contributed by atoms with van der Waals surface area (Å²) in [4.78, 5) is 0. The zero-order chi connectivity index (χ0) is 23.2. The van der Waals surface area contributed by atoms with Crippen LogP contribution in [0.2, 0.25) is 0 Å². The third-order valence-electron chi connectivity index (χ3n) is 8.89. The van der Waals surface area contributed by atoms with E-state index in [1.165, 1.54) is 6.92 Å². The quantitative estimate of drug-likeness (QED) is 0.226. The second kappa shape index (κ2) is 10.7. The Morgan fingerprint density at radius 2 is 0.903 bits per heavy atom. The molecule has 0 aromatic carbocycles. The van der Waals surface area contributed by atoms with E-state index in [1.54, 1.807) is 0 Å². The Bertz CT molecular complexity index is 485. The van der Waals surface area contributed by atoms with Gasteiger partial charge < -0.3 is 0 Å². The molecule has 2 aliphatic rings. The van der Waals surface area contributed by atoms with Gasteiger partial charge in [0.15, 0.2) is 0 Å². The standard InChI is InChI=1S/C25H42F6/c1-3-4-5-6-7-8-11-16-21(2,22(24(26,27)28)17-12-9-13-18-22)23(25(29,30)31)19-14-10-15-20-23/h3-20H2,1-2H3. The van der Waals surface area contributed by atoms with Gasteiger partial charge in [-0.05, 0) is 37.5 Å². The van der Waals surface area contributed by atoms with E-state index in [1.807, 2.05) is 0 Å². The fraction of sp³-hybridized carbons (Fsp3) is 1.00. The summed E-state index contributed by atoms with van der Waals surface area (Å²) in [5, 5.41) is 0. The largest absolute Gasteiger partial charge is 0.395 e. The van der Waals surface area contributed by atoms with Crippen molar-refractivity contribution in [1.29, 1.82) is 0 Å². The highest BCUT2D eigenvalue weighted by atomic mass is 19.4. The number of halogens is 6. The SMILES string of the molecule is CCCCCCCCCC(C)(C1(C(F)(F)F)CCCCC1)C1(C(F)(F)F)CCCCC1.